The molecular formula is C11H17NO3. The standard InChI is InChI=1S/C11H17NO3/c1-7-8(2)11(15-4)10(14-3)5-9(7)6-12-13/h5,12-13H,6H2,1-4H3. The van der Waals surface area contributed by atoms with Crippen LogP contribution in [0.5, 0.6) is 11.5 Å². The molecule has 0 atom stereocenters. The van der Waals surface area contributed by atoms with E-state index >= 15 is 0 Å². The molecule has 2 N–H and O–H groups in total. The second kappa shape index (κ2) is 5.00. The van der Waals surface area contributed by atoms with Crippen molar-refractivity contribution in [2.45, 2.75) is 20.4 Å². The number of hydroxylamine groups is 1. The van der Waals surface area contributed by atoms with Gasteiger partial charge in [0.15, 0.2) is 11.5 Å². The molecule has 0 spiro atoms. The Morgan fingerprint density at radius 1 is 1.20 bits per heavy atom. The number of hydrogen-bond donors (Lipinski definition) is 2. The number of methoxy groups -OCH3 is 2. The first kappa shape index (κ1) is 11.8. The number of benzene rings is 1. The minimum Gasteiger partial charge on any atom is -0.493 e. The van der Waals surface area contributed by atoms with Gasteiger partial charge >= 0.3 is 0 Å². The fourth-order valence-electron chi connectivity index (χ4n) is 1.60. The topological polar surface area (TPSA) is 50.7 Å². The number of ether oxygens (including phenoxy) is 2. The molecule has 84 valence electrons. The molecule has 1 rings (SSSR count). The van der Waals surface area contributed by atoms with Gasteiger partial charge in [0.25, 0.3) is 0 Å². The van der Waals surface area contributed by atoms with Gasteiger partial charge in [-0.25, -0.2) is 5.48 Å². The predicted molar refractivity (Wildman–Crippen MR) is 57.6 cm³/mol. The third-order valence-corrected chi connectivity index (χ3v) is 2.61. The highest BCUT2D eigenvalue weighted by molar-refractivity contribution is 5.53. The molecule has 1 aromatic carbocycles. The van der Waals surface area contributed by atoms with Crippen molar-refractivity contribution in [1.29, 1.82) is 0 Å². The van der Waals surface area contributed by atoms with E-state index in [1.807, 2.05) is 19.9 Å². The van der Waals surface area contributed by atoms with Gasteiger partial charge in [-0.3, -0.25) is 0 Å². The first-order valence-corrected chi connectivity index (χ1v) is 4.73. The van der Waals surface area contributed by atoms with Crippen LogP contribution in [0.1, 0.15) is 16.7 Å². The van der Waals surface area contributed by atoms with E-state index in [0.29, 0.717) is 12.3 Å². The minimum atomic E-state index is 0.396. The second-order valence-corrected chi connectivity index (χ2v) is 3.36. The van der Waals surface area contributed by atoms with Crippen LogP contribution < -0.4 is 15.0 Å². The summed E-state index contributed by atoms with van der Waals surface area (Å²) in [5.74, 6) is 1.43. The molecule has 0 aliphatic rings. The molecular weight excluding hydrogens is 194 g/mol. The molecule has 0 amide bonds. The molecule has 0 saturated carbocycles. The Kier molecular flexibility index (Phi) is 3.94. The average molecular weight is 211 g/mol. The summed E-state index contributed by atoms with van der Waals surface area (Å²) >= 11 is 0. The van der Waals surface area contributed by atoms with E-state index in [-0.39, 0.29) is 0 Å². The van der Waals surface area contributed by atoms with Crippen LogP contribution in [0.15, 0.2) is 6.07 Å². The van der Waals surface area contributed by atoms with Crippen LogP contribution in [0.3, 0.4) is 0 Å². The highest BCUT2D eigenvalue weighted by Crippen LogP contribution is 2.34. The Bertz CT molecular complexity index is 350. The molecule has 0 aliphatic carbocycles. The van der Waals surface area contributed by atoms with Crippen molar-refractivity contribution < 1.29 is 14.7 Å². The minimum absolute atomic E-state index is 0.396. The van der Waals surface area contributed by atoms with Gasteiger partial charge in [-0.15, -0.1) is 0 Å². The van der Waals surface area contributed by atoms with Gasteiger partial charge < -0.3 is 14.7 Å². The third kappa shape index (κ3) is 2.22. The van der Waals surface area contributed by atoms with Crippen molar-refractivity contribution in [1.82, 2.24) is 5.48 Å². The van der Waals surface area contributed by atoms with E-state index in [9.17, 15) is 0 Å². The SMILES string of the molecule is COc1cc(CNO)c(C)c(C)c1OC. The van der Waals surface area contributed by atoms with E-state index in [2.05, 4.69) is 5.48 Å². The number of hydrogen-bond acceptors (Lipinski definition) is 4. The first-order chi connectivity index (χ1) is 7.15. The van der Waals surface area contributed by atoms with Gasteiger partial charge in [-0.1, -0.05) is 0 Å². The summed E-state index contributed by atoms with van der Waals surface area (Å²) in [6.45, 7) is 4.36. The summed E-state index contributed by atoms with van der Waals surface area (Å²) in [7, 11) is 3.22. The molecule has 0 unspecified atom stereocenters. The molecule has 0 bridgehead atoms. The maximum absolute atomic E-state index is 8.70. The summed E-state index contributed by atoms with van der Waals surface area (Å²) in [6, 6.07) is 1.87. The molecule has 0 aliphatic heterocycles. The molecule has 4 heteroatoms. The van der Waals surface area contributed by atoms with Crippen LogP contribution >= 0.6 is 0 Å². The summed E-state index contributed by atoms with van der Waals surface area (Å²) in [5.41, 5.74) is 5.26. The average Bonchev–Trinajstić information content (AvgIpc) is 2.24. The second-order valence-electron chi connectivity index (χ2n) is 3.36. The molecule has 0 aromatic heterocycles. The lowest BCUT2D eigenvalue weighted by molar-refractivity contribution is 0.161. The Labute approximate surface area is 89.8 Å². The smallest absolute Gasteiger partial charge is 0.163 e. The lowest BCUT2D eigenvalue weighted by atomic mass is 10.0. The van der Waals surface area contributed by atoms with Crippen molar-refractivity contribution in [3.63, 3.8) is 0 Å². The number of nitrogens with one attached hydrogen (secondary N) is 1. The maximum Gasteiger partial charge on any atom is 0.163 e. The molecule has 0 saturated heterocycles. The predicted octanol–water partition coefficient (Wildman–Crippen LogP) is 1.80. The van der Waals surface area contributed by atoms with Crippen LogP contribution in [-0.4, -0.2) is 19.4 Å². The van der Waals surface area contributed by atoms with E-state index in [1.54, 1.807) is 14.2 Å². The van der Waals surface area contributed by atoms with Crippen LogP contribution in [-0.2, 0) is 6.54 Å². The normalized spacial score (nSPS) is 10.2. The van der Waals surface area contributed by atoms with Crippen molar-refractivity contribution in [2.75, 3.05) is 14.2 Å². The number of rotatable bonds is 4. The van der Waals surface area contributed by atoms with Gasteiger partial charge in [0.2, 0.25) is 0 Å². The van der Waals surface area contributed by atoms with Crippen LogP contribution in [0.2, 0.25) is 0 Å². The molecule has 0 radical (unpaired) electrons. The molecule has 4 nitrogen and oxygen atoms in total. The van der Waals surface area contributed by atoms with Crippen molar-refractivity contribution >= 4 is 0 Å². The molecule has 1 aromatic rings. The highest BCUT2D eigenvalue weighted by Gasteiger charge is 2.13. The monoisotopic (exact) mass is 211 g/mol. The molecule has 0 heterocycles. The first-order valence-electron chi connectivity index (χ1n) is 4.73. The summed E-state index contributed by atoms with van der Waals surface area (Å²) in [6.07, 6.45) is 0. The Morgan fingerprint density at radius 3 is 2.33 bits per heavy atom. The lowest BCUT2D eigenvalue weighted by Crippen LogP contribution is -2.09. The van der Waals surface area contributed by atoms with Gasteiger partial charge in [0.05, 0.1) is 14.2 Å². The van der Waals surface area contributed by atoms with Gasteiger partial charge in [0.1, 0.15) is 0 Å². The Hall–Kier alpha value is -1.26. The Balaban J connectivity index is 3.29. The van der Waals surface area contributed by atoms with Crippen molar-refractivity contribution in [3.05, 3.63) is 22.8 Å². The zero-order valence-electron chi connectivity index (χ0n) is 9.55. The van der Waals surface area contributed by atoms with Crippen molar-refractivity contribution in [3.8, 4) is 11.5 Å². The van der Waals surface area contributed by atoms with Gasteiger partial charge in [-0.05, 0) is 36.6 Å². The maximum atomic E-state index is 8.70. The van der Waals surface area contributed by atoms with E-state index in [4.69, 9.17) is 14.7 Å². The van der Waals surface area contributed by atoms with Gasteiger partial charge in [-0.2, -0.15) is 0 Å². The van der Waals surface area contributed by atoms with E-state index in [0.717, 1.165) is 22.4 Å². The van der Waals surface area contributed by atoms with E-state index < -0.39 is 0 Å². The summed E-state index contributed by atoms with van der Waals surface area (Å²) in [4.78, 5) is 0. The summed E-state index contributed by atoms with van der Waals surface area (Å²) < 4.78 is 10.5. The fraction of sp³-hybridized carbons (Fsp3) is 0.455. The summed E-state index contributed by atoms with van der Waals surface area (Å²) in [5, 5.41) is 8.70. The zero-order valence-corrected chi connectivity index (χ0v) is 9.55. The van der Waals surface area contributed by atoms with Crippen LogP contribution in [0.25, 0.3) is 0 Å². The third-order valence-electron chi connectivity index (χ3n) is 2.61. The van der Waals surface area contributed by atoms with Crippen molar-refractivity contribution in [2.24, 2.45) is 0 Å². The lowest BCUT2D eigenvalue weighted by Gasteiger charge is -2.16. The largest absolute Gasteiger partial charge is 0.493 e. The molecule has 0 fully saturated rings. The van der Waals surface area contributed by atoms with Crippen LogP contribution in [0, 0.1) is 13.8 Å². The molecule has 15 heavy (non-hydrogen) atoms. The Morgan fingerprint density at radius 2 is 1.87 bits per heavy atom. The zero-order chi connectivity index (χ0) is 11.4. The van der Waals surface area contributed by atoms with E-state index in [1.165, 1.54) is 0 Å². The fourth-order valence-corrected chi connectivity index (χ4v) is 1.60. The quantitative estimate of drug-likeness (QED) is 0.746. The van der Waals surface area contributed by atoms with Crippen LogP contribution in [0.4, 0.5) is 0 Å². The van der Waals surface area contributed by atoms with Gasteiger partial charge in [0, 0.05) is 6.54 Å². The highest BCUT2D eigenvalue weighted by atomic mass is 16.5.